The molecule has 5 rings (SSSR count). The Morgan fingerprint density at radius 2 is 1.62 bits per heavy atom. The summed E-state index contributed by atoms with van der Waals surface area (Å²) in [5.74, 6) is 1.16. The molecule has 4 nitrogen and oxygen atoms in total. The fourth-order valence-electron chi connectivity index (χ4n) is 4.77. The van der Waals surface area contributed by atoms with Crippen molar-refractivity contribution >= 4 is 38.5 Å². The van der Waals surface area contributed by atoms with Crippen LogP contribution in [-0.4, -0.2) is 15.9 Å². The molecule has 0 saturated heterocycles. The van der Waals surface area contributed by atoms with Crippen LogP contribution in [0.5, 0.6) is 0 Å². The summed E-state index contributed by atoms with van der Waals surface area (Å²) >= 11 is 0. The summed E-state index contributed by atoms with van der Waals surface area (Å²) in [7, 11) is 0. The van der Waals surface area contributed by atoms with Gasteiger partial charge in [0.2, 0.25) is 0 Å². The molecule has 0 saturated carbocycles. The fraction of sp³-hybridized carbons (Fsp3) is 0.351. The van der Waals surface area contributed by atoms with E-state index in [1.165, 1.54) is 22.6 Å². The normalized spacial score (nSPS) is 12.0. The van der Waals surface area contributed by atoms with Gasteiger partial charge in [0.25, 0.3) is 0 Å². The number of ketones is 1. The number of aliphatic hydroxyl groups is 1. The molecule has 1 N–H and O–H groups in total. The van der Waals surface area contributed by atoms with Crippen LogP contribution in [0, 0.1) is 23.8 Å². The Kier molecular flexibility index (Phi) is 11.3. The number of allylic oxidation sites excluding steroid dienone is 2. The van der Waals surface area contributed by atoms with Crippen molar-refractivity contribution < 1.29 is 34.4 Å². The number of rotatable bonds is 7. The number of pyridine rings is 1. The molecule has 5 heteroatoms. The zero-order chi connectivity index (χ0) is 29.8. The maximum Gasteiger partial charge on any atom is 0.161 e. The van der Waals surface area contributed by atoms with Crippen LogP contribution in [0.15, 0.2) is 77.0 Å². The molecule has 0 bridgehead atoms. The largest absolute Gasteiger partial charge is 0.512 e. The van der Waals surface area contributed by atoms with E-state index in [4.69, 9.17) is 9.40 Å². The van der Waals surface area contributed by atoms with Gasteiger partial charge >= 0.3 is 0 Å². The molecule has 2 heterocycles. The molecule has 42 heavy (non-hydrogen) atoms. The number of carbonyl (C=O) groups is 1. The fourth-order valence-corrected chi connectivity index (χ4v) is 4.77. The van der Waals surface area contributed by atoms with Gasteiger partial charge in [-0.2, -0.15) is 0 Å². The van der Waals surface area contributed by atoms with E-state index in [0.717, 1.165) is 45.0 Å². The van der Waals surface area contributed by atoms with Gasteiger partial charge < -0.3 is 14.5 Å². The van der Waals surface area contributed by atoms with Gasteiger partial charge in [-0.25, -0.2) is 0 Å². The number of nitrogens with zero attached hydrogens (tertiary/aromatic N) is 1. The summed E-state index contributed by atoms with van der Waals surface area (Å²) in [6, 6.07) is 22.9. The van der Waals surface area contributed by atoms with Crippen LogP contribution < -0.4 is 0 Å². The SMILES string of the molecule is CC(C)C(=O)/C=C(\O)C(C)C.CC(C)Cc1ccc2c(-c3[c-]c(C(C)C)cc4c3oc3ccccc34)nccc2c1.[Ir]. The van der Waals surface area contributed by atoms with Gasteiger partial charge in [0.1, 0.15) is 5.58 Å². The number of furan rings is 1. The second-order valence-corrected chi connectivity index (χ2v) is 12.2. The van der Waals surface area contributed by atoms with Crippen molar-refractivity contribution in [3.63, 3.8) is 0 Å². The molecule has 2 aromatic heterocycles. The smallest absolute Gasteiger partial charge is 0.161 e. The molecule has 0 aliphatic heterocycles. The Morgan fingerprint density at radius 1 is 0.905 bits per heavy atom. The van der Waals surface area contributed by atoms with E-state index in [9.17, 15) is 9.90 Å². The van der Waals surface area contributed by atoms with Crippen molar-refractivity contribution in [2.45, 2.75) is 67.7 Å². The minimum absolute atomic E-state index is 0. The number of aromatic nitrogens is 1. The van der Waals surface area contributed by atoms with Crippen LogP contribution in [0.2, 0.25) is 0 Å². The summed E-state index contributed by atoms with van der Waals surface area (Å²) in [4.78, 5) is 15.8. The van der Waals surface area contributed by atoms with Crippen molar-refractivity contribution in [1.29, 1.82) is 0 Å². The van der Waals surface area contributed by atoms with E-state index < -0.39 is 0 Å². The predicted octanol–water partition coefficient (Wildman–Crippen LogP) is 10.2. The van der Waals surface area contributed by atoms with Crippen molar-refractivity contribution in [3.8, 4) is 11.3 Å². The van der Waals surface area contributed by atoms with Gasteiger partial charge in [-0.05, 0) is 52.4 Å². The Morgan fingerprint density at radius 3 is 2.26 bits per heavy atom. The van der Waals surface area contributed by atoms with Crippen molar-refractivity contribution in [2.24, 2.45) is 17.8 Å². The predicted molar refractivity (Wildman–Crippen MR) is 171 cm³/mol. The molecule has 0 unspecified atom stereocenters. The summed E-state index contributed by atoms with van der Waals surface area (Å²) in [6.07, 6.45) is 4.30. The number of fused-ring (bicyclic) bond motifs is 4. The molecule has 1 radical (unpaired) electrons. The number of benzene rings is 3. The third-order valence-corrected chi connectivity index (χ3v) is 7.21. The maximum absolute atomic E-state index is 11.0. The van der Waals surface area contributed by atoms with Crippen LogP contribution in [0.1, 0.15) is 72.4 Å². The van der Waals surface area contributed by atoms with Gasteiger partial charge in [-0.1, -0.05) is 103 Å². The number of carbonyl (C=O) groups excluding carboxylic acids is 1. The summed E-state index contributed by atoms with van der Waals surface area (Å²) < 4.78 is 6.33. The third-order valence-electron chi connectivity index (χ3n) is 7.21. The maximum atomic E-state index is 11.0. The first kappa shape index (κ1) is 33.2. The topological polar surface area (TPSA) is 63.3 Å². The van der Waals surface area contributed by atoms with Gasteiger partial charge in [-0.15, -0.1) is 17.7 Å². The van der Waals surface area contributed by atoms with Gasteiger partial charge in [0.05, 0.1) is 11.3 Å². The first-order valence-corrected chi connectivity index (χ1v) is 14.7. The molecule has 0 fully saturated rings. The zero-order valence-electron chi connectivity index (χ0n) is 25.9. The Bertz CT molecular complexity index is 1710. The third kappa shape index (κ3) is 7.56. The van der Waals surface area contributed by atoms with Crippen LogP contribution in [-0.2, 0) is 31.3 Å². The second-order valence-electron chi connectivity index (χ2n) is 12.2. The number of hydrogen-bond donors (Lipinski definition) is 1. The van der Waals surface area contributed by atoms with E-state index >= 15 is 0 Å². The van der Waals surface area contributed by atoms with Gasteiger partial charge in [-0.3, -0.25) is 4.79 Å². The number of hydrogen-bond acceptors (Lipinski definition) is 4. The summed E-state index contributed by atoms with van der Waals surface area (Å²) in [5, 5.41) is 13.8. The monoisotopic (exact) mass is 741 g/mol. The molecule has 0 aliphatic rings. The van der Waals surface area contributed by atoms with E-state index in [1.807, 2.05) is 46.0 Å². The van der Waals surface area contributed by atoms with Gasteiger partial charge in [0, 0.05) is 49.6 Å². The molecular formula is C37H42IrNO3-. The van der Waals surface area contributed by atoms with E-state index in [-0.39, 0.29) is 43.5 Å². The number of para-hydroxylation sites is 1. The van der Waals surface area contributed by atoms with Crippen molar-refractivity contribution in [1.82, 2.24) is 4.98 Å². The Hall–Kier alpha value is -3.27. The zero-order valence-corrected chi connectivity index (χ0v) is 28.3. The molecular weight excluding hydrogens is 699 g/mol. The molecule has 0 atom stereocenters. The summed E-state index contributed by atoms with van der Waals surface area (Å²) in [6.45, 7) is 16.2. The average Bonchev–Trinajstić information content (AvgIpc) is 3.30. The first-order valence-electron chi connectivity index (χ1n) is 14.7. The van der Waals surface area contributed by atoms with E-state index in [1.54, 1.807) is 0 Å². The van der Waals surface area contributed by atoms with E-state index in [2.05, 4.69) is 76.2 Å². The molecule has 5 aromatic rings. The molecule has 223 valence electrons. The van der Waals surface area contributed by atoms with Crippen molar-refractivity contribution in [3.05, 3.63) is 89.8 Å². The van der Waals surface area contributed by atoms with Crippen LogP contribution >= 0.6 is 0 Å². The van der Waals surface area contributed by atoms with E-state index in [0.29, 0.717) is 11.8 Å². The van der Waals surface area contributed by atoms with Gasteiger partial charge in [0.15, 0.2) is 5.78 Å². The standard InChI is InChI=1S/C28H26NO.C9H16O2.Ir/c1-17(2)13-19-9-10-22-20(14-19)11-12-29-27(22)25-16-21(18(3)4)15-24-23-7-5-6-8-26(23)30-28(24)25;1-6(2)8(10)5-9(11)7(3)4;/h5-12,14-15,17-18H,13H2,1-4H3;5-7,10H,1-4H3;/q-1;;/b;8-5-;. The minimum atomic E-state index is -0.0316. The van der Waals surface area contributed by atoms with Crippen LogP contribution in [0.25, 0.3) is 44.0 Å². The summed E-state index contributed by atoms with van der Waals surface area (Å²) in [5.41, 5.74) is 6.21. The molecule has 0 amide bonds. The quantitative estimate of drug-likeness (QED) is 0.103. The van der Waals surface area contributed by atoms with Crippen LogP contribution in [0.3, 0.4) is 0 Å². The molecule has 3 aromatic carbocycles. The molecule has 0 spiro atoms. The average molecular weight is 741 g/mol. The minimum Gasteiger partial charge on any atom is -0.512 e. The second kappa shape index (κ2) is 14.3. The molecule has 0 aliphatic carbocycles. The number of aliphatic hydroxyl groups excluding tert-OH is 1. The van der Waals surface area contributed by atoms with Crippen LogP contribution in [0.4, 0.5) is 0 Å². The van der Waals surface area contributed by atoms with Crippen molar-refractivity contribution in [2.75, 3.05) is 0 Å². The Labute approximate surface area is 263 Å². The Balaban J connectivity index is 0.000000347. The first-order chi connectivity index (χ1) is 19.5.